The Morgan fingerprint density at radius 1 is 1.47 bits per heavy atom. The molecule has 0 radical (unpaired) electrons. The number of aryl methyl sites for hydroxylation is 2. The number of amides is 1. The van der Waals surface area contributed by atoms with E-state index in [9.17, 15) is 4.79 Å². The van der Waals surface area contributed by atoms with Crippen LogP contribution in [-0.4, -0.2) is 10.9 Å². The smallest absolute Gasteiger partial charge is 0.225 e. The lowest BCUT2D eigenvalue weighted by Gasteiger charge is -2.04. The predicted molar refractivity (Wildman–Crippen MR) is 70.2 cm³/mol. The maximum Gasteiger partial charge on any atom is 0.225 e. The van der Waals surface area contributed by atoms with Crippen molar-refractivity contribution in [1.29, 1.82) is 0 Å². The SMILES string of the molecule is Cc1ccnc(NC(=O)CCc2cccs2)c1. The summed E-state index contributed by atoms with van der Waals surface area (Å²) < 4.78 is 0. The summed E-state index contributed by atoms with van der Waals surface area (Å²) in [6.07, 6.45) is 2.98. The second-order valence-electron chi connectivity index (χ2n) is 3.85. The number of anilines is 1. The Hall–Kier alpha value is -1.68. The van der Waals surface area contributed by atoms with Gasteiger partial charge < -0.3 is 5.32 Å². The van der Waals surface area contributed by atoms with Gasteiger partial charge in [0.1, 0.15) is 5.82 Å². The van der Waals surface area contributed by atoms with Gasteiger partial charge in [-0.05, 0) is 42.5 Å². The zero-order valence-corrected chi connectivity index (χ0v) is 10.5. The third-order valence-electron chi connectivity index (χ3n) is 2.36. The Bertz CT molecular complexity index is 494. The van der Waals surface area contributed by atoms with Crippen molar-refractivity contribution in [2.75, 3.05) is 5.32 Å². The number of pyridine rings is 1. The predicted octanol–water partition coefficient (Wildman–Crippen LogP) is 3.02. The summed E-state index contributed by atoms with van der Waals surface area (Å²) in [7, 11) is 0. The van der Waals surface area contributed by atoms with Crippen molar-refractivity contribution in [1.82, 2.24) is 4.98 Å². The Morgan fingerprint density at radius 2 is 2.35 bits per heavy atom. The van der Waals surface area contributed by atoms with E-state index in [1.807, 2.05) is 36.6 Å². The molecule has 0 saturated heterocycles. The number of aromatic nitrogens is 1. The Morgan fingerprint density at radius 3 is 3.06 bits per heavy atom. The lowest BCUT2D eigenvalue weighted by molar-refractivity contribution is -0.116. The van der Waals surface area contributed by atoms with E-state index >= 15 is 0 Å². The molecule has 0 aliphatic rings. The molecular weight excluding hydrogens is 232 g/mol. The molecule has 0 saturated carbocycles. The number of carbonyl (C=O) groups excluding carboxylic acids is 1. The standard InChI is InChI=1S/C13H14N2OS/c1-10-6-7-14-12(9-10)15-13(16)5-4-11-3-2-8-17-11/h2-3,6-9H,4-5H2,1H3,(H,14,15,16). The summed E-state index contributed by atoms with van der Waals surface area (Å²) in [6, 6.07) is 7.81. The molecule has 1 N–H and O–H groups in total. The monoisotopic (exact) mass is 246 g/mol. The fourth-order valence-electron chi connectivity index (χ4n) is 1.50. The zero-order chi connectivity index (χ0) is 12.1. The van der Waals surface area contributed by atoms with Crippen molar-refractivity contribution in [3.63, 3.8) is 0 Å². The van der Waals surface area contributed by atoms with E-state index in [1.165, 1.54) is 4.88 Å². The highest BCUT2D eigenvalue weighted by molar-refractivity contribution is 7.09. The van der Waals surface area contributed by atoms with Gasteiger partial charge in [-0.1, -0.05) is 6.07 Å². The average Bonchev–Trinajstić information content (AvgIpc) is 2.79. The first-order chi connectivity index (χ1) is 8.24. The van der Waals surface area contributed by atoms with Gasteiger partial charge in [-0.3, -0.25) is 4.79 Å². The summed E-state index contributed by atoms with van der Waals surface area (Å²) in [5.41, 5.74) is 1.09. The highest BCUT2D eigenvalue weighted by Gasteiger charge is 2.04. The summed E-state index contributed by atoms with van der Waals surface area (Å²) >= 11 is 1.68. The molecule has 0 aromatic carbocycles. The normalized spacial score (nSPS) is 10.2. The number of hydrogen-bond donors (Lipinski definition) is 1. The highest BCUT2D eigenvalue weighted by atomic mass is 32.1. The van der Waals surface area contributed by atoms with Crippen molar-refractivity contribution in [3.05, 3.63) is 46.3 Å². The topological polar surface area (TPSA) is 42.0 Å². The molecule has 17 heavy (non-hydrogen) atoms. The minimum absolute atomic E-state index is 0.0106. The molecule has 0 aliphatic heterocycles. The van der Waals surface area contributed by atoms with Crippen LogP contribution in [0.3, 0.4) is 0 Å². The number of thiophene rings is 1. The first kappa shape index (κ1) is 11.8. The van der Waals surface area contributed by atoms with Crippen LogP contribution < -0.4 is 5.32 Å². The summed E-state index contributed by atoms with van der Waals surface area (Å²) in [5, 5.41) is 4.82. The van der Waals surface area contributed by atoms with E-state index in [-0.39, 0.29) is 5.91 Å². The third-order valence-corrected chi connectivity index (χ3v) is 3.30. The molecule has 2 rings (SSSR count). The largest absolute Gasteiger partial charge is 0.311 e. The zero-order valence-electron chi connectivity index (χ0n) is 9.64. The lowest BCUT2D eigenvalue weighted by Crippen LogP contribution is -2.13. The van der Waals surface area contributed by atoms with Crippen molar-refractivity contribution in [2.24, 2.45) is 0 Å². The van der Waals surface area contributed by atoms with Crippen molar-refractivity contribution < 1.29 is 4.79 Å². The first-order valence-corrected chi connectivity index (χ1v) is 6.37. The van der Waals surface area contributed by atoms with Crippen LogP contribution in [0.25, 0.3) is 0 Å². The Kier molecular flexibility index (Phi) is 3.88. The Labute approximate surface area is 105 Å². The molecule has 0 aliphatic carbocycles. The van der Waals surface area contributed by atoms with Gasteiger partial charge in [0.05, 0.1) is 0 Å². The number of carbonyl (C=O) groups is 1. The molecular formula is C13H14N2OS. The van der Waals surface area contributed by atoms with E-state index in [4.69, 9.17) is 0 Å². The van der Waals surface area contributed by atoms with Crippen molar-refractivity contribution in [3.8, 4) is 0 Å². The molecule has 2 aromatic heterocycles. The van der Waals surface area contributed by atoms with E-state index in [0.29, 0.717) is 12.2 Å². The van der Waals surface area contributed by atoms with Gasteiger partial charge >= 0.3 is 0 Å². The molecule has 0 atom stereocenters. The molecule has 0 spiro atoms. The van der Waals surface area contributed by atoms with E-state index in [1.54, 1.807) is 17.5 Å². The quantitative estimate of drug-likeness (QED) is 0.901. The summed E-state index contributed by atoms with van der Waals surface area (Å²) in [6.45, 7) is 1.98. The Balaban J connectivity index is 1.85. The van der Waals surface area contributed by atoms with Crippen LogP contribution in [0.5, 0.6) is 0 Å². The molecule has 0 fully saturated rings. The fraction of sp³-hybridized carbons (Fsp3) is 0.231. The van der Waals surface area contributed by atoms with Gasteiger partial charge in [0, 0.05) is 17.5 Å². The molecule has 88 valence electrons. The van der Waals surface area contributed by atoms with Crippen LogP contribution >= 0.6 is 11.3 Å². The van der Waals surface area contributed by atoms with Crippen LogP contribution in [-0.2, 0) is 11.2 Å². The highest BCUT2D eigenvalue weighted by Crippen LogP contribution is 2.12. The molecule has 2 heterocycles. The summed E-state index contributed by atoms with van der Waals surface area (Å²) in [5.74, 6) is 0.637. The number of nitrogens with one attached hydrogen (secondary N) is 1. The minimum atomic E-state index is 0.0106. The van der Waals surface area contributed by atoms with E-state index < -0.39 is 0 Å². The van der Waals surface area contributed by atoms with E-state index in [2.05, 4.69) is 10.3 Å². The third kappa shape index (κ3) is 3.67. The fourth-order valence-corrected chi connectivity index (χ4v) is 2.21. The molecule has 0 unspecified atom stereocenters. The van der Waals surface area contributed by atoms with Gasteiger partial charge in [-0.15, -0.1) is 11.3 Å². The van der Waals surface area contributed by atoms with Crippen molar-refractivity contribution >= 4 is 23.1 Å². The maximum absolute atomic E-state index is 11.7. The first-order valence-electron chi connectivity index (χ1n) is 5.49. The number of hydrogen-bond acceptors (Lipinski definition) is 3. The number of rotatable bonds is 4. The maximum atomic E-state index is 11.7. The van der Waals surface area contributed by atoms with Crippen LogP contribution in [0.4, 0.5) is 5.82 Å². The lowest BCUT2D eigenvalue weighted by atomic mass is 10.2. The van der Waals surface area contributed by atoms with Gasteiger partial charge in [0.25, 0.3) is 0 Å². The van der Waals surface area contributed by atoms with Crippen LogP contribution in [0.2, 0.25) is 0 Å². The van der Waals surface area contributed by atoms with E-state index in [0.717, 1.165) is 12.0 Å². The number of nitrogens with zero attached hydrogens (tertiary/aromatic N) is 1. The van der Waals surface area contributed by atoms with Gasteiger partial charge in [0.2, 0.25) is 5.91 Å². The van der Waals surface area contributed by atoms with Crippen LogP contribution in [0.15, 0.2) is 35.8 Å². The van der Waals surface area contributed by atoms with Gasteiger partial charge in [-0.2, -0.15) is 0 Å². The summed E-state index contributed by atoms with van der Waals surface area (Å²) in [4.78, 5) is 17.0. The molecule has 0 bridgehead atoms. The molecule has 1 amide bonds. The average molecular weight is 246 g/mol. The molecule has 4 heteroatoms. The van der Waals surface area contributed by atoms with Crippen molar-refractivity contribution in [2.45, 2.75) is 19.8 Å². The van der Waals surface area contributed by atoms with Crippen LogP contribution in [0, 0.1) is 6.92 Å². The molecule has 2 aromatic rings. The minimum Gasteiger partial charge on any atom is -0.311 e. The van der Waals surface area contributed by atoms with Gasteiger partial charge in [-0.25, -0.2) is 4.98 Å². The second-order valence-corrected chi connectivity index (χ2v) is 4.88. The second kappa shape index (κ2) is 5.59. The van der Waals surface area contributed by atoms with Crippen LogP contribution in [0.1, 0.15) is 16.9 Å². The van der Waals surface area contributed by atoms with Gasteiger partial charge in [0.15, 0.2) is 0 Å². The molecule has 3 nitrogen and oxygen atoms in total.